The monoisotopic (exact) mass is 267 g/mol. The van der Waals surface area contributed by atoms with Crippen LogP contribution in [-0.4, -0.2) is 26.5 Å². The molecule has 2 heterocycles. The van der Waals surface area contributed by atoms with E-state index in [4.69, 9.17) is 0 Å². The van der Waals surface area contributed by atoms with E-state index in [1.54, 1.807) is 6.20 Å². The first-order chi connectivity index (χ1) is 9.92. The van der Waals surface area contributed by atoms with Gasteiger partial charge in [-0.05, 0) is 36.0 Å². The van der Waals surface area contributed by atoms with Crippen molar-refractivity contribution in [2.45, 2.75) is 19.5 Å². The Bertz CT molecular complexity index is 663. The molecule has 0 amide bonds. The van der Waals surface area contributed by atoms with E-state index >= 15 is 0 Å². The van der Waals surface area contributed by atoms with Gasteiger partial charge in [-0.1, -0.05) is 17.3 Å². The average Bonchev–Trinajstić information content (AvgIpc) is 3.00. The molecule has 5 heteroatoms. The molecule has 0 atom stereocenters. The molecule has 1 N–H and O–H groups in total. The van der Waals surface area contributed by atoms with Crippen LogP contribution in [0.1, 0.15) is 12.0 Å². The van der Waals surface area contributed by atoms with Crippen LogP contribution in [0.5, 0.6) is 0 Å². The highest BCUT2D eigenvalue weighted by Gasteiger charge is 1.97. The second-order valence-electron chi connectivity index (χ2n) is 4.75. The zero-order chi connectivity index (χ0) is 13.6. The fourth-order valence-electron chi connectivity index (χ4n) is 2.19. The summed E-state index contributed by atoms with van der Waals surface area (Å²) in [5, 5.41) is 13.6. The lowest BCUT2D eigenvalue weighted by atomic mass is 10.1. The van der Waals surface area contributed by atoms with Gasteiger partial charge in [0, 0.05) is 37.1 Å². The predicted octanol–water partition coefficient (Wildman–Crippen LogP) is 2.01. The van der Waals surface area contributed by atoms with Crippen molar-refractivity contribution in [1.29, 1.82) is 0 Å². The Balaban J connectivity index is 1.47. The molecular weight excluding hydrogens is 250 g/mol. The quantitative estimate of drug-likeness (QED) is 0.694. The molecule has 0 aliphatic carbocycles. The van der Waals surface area contributed by atoms with Crippen molar-refractivity contribution < 1.29 is 0 Å². The van der Waals surface area contributed by atoms with E-state index < -0.39 is 0 Å². The summed E-state index contributed by atoms with van der Waals surface area (Å²) in [6.07, 6.45) is 8.36. The van der Waals surface area contributed by atoms with Gasteiger partial charge in [0.1, 0.15) is 0 Å². The predicted molar refractivity (Wildman–Crippen MR) is 78.1 cm³/mol. The number of pyridine rings is 1. The largest absolute Gasteiger partial charge is 0.313 e. The van der Waals surface area contributed by atoms with Gasteiger partial charge in [-0.2, -0.15) is 0 Å². The van der Waals surface area contributed by atoms with Crippen molar-refractivity contribution in [2.24, 2.45) is 0 Å². The number of hydrogen-bond acceptors (Lipinski definition) is 4. The smallest absolute Gasteiger partial charge is 0.0692 e. The number of fused-ring (bicyclic) bond motifs is 1. The van der Waals surface area contributed by atoms with Crippen molar-refractivity contribution in [3.05, 3.63) is 54.6 Å². The maximum atomic E-state index is 4.12. The number of benzene rings is 1. The minimum absolute atomic E-state index is 0.885. The topological polar surface area (TPSA) is 55.6 Å². The molecule has 5 nitrogen and oxygen atoms in total. The second kappa shape index (κ2) is 6.25. The molecule has 0 spiro atoms. The Kier molecular flexibility index (Phi) is 3.99. The molecule has 1 aromatic carbocycles. The van der Waals surface area contributed by atoms with Gasteiger partial charge in [0.2, 0.25) is 0 Å². The third kappa shape index (κ3) is 3.19. The third-order valence-electron chi connectivity index (χ3n) is 3.25. The van der Waals surface area contributed by atoms with Crippen LogP contribution >= 0.6 is 0 Å². The van der Waals surface area contributed by atoms with Gasteiger partial charge in [0.15, 0.2) is 0 Å². The minimum Gasteiger partial charge on any atom is -0.313 e. The van der Waals surface area contributed by atoms with Crippen molar-refractivity contribution in [3.63, 3.8) is 0 Å². The first-order valence-electron chi connectivity index (χ1n) is 6.79. The highest BCUT2D eigenvalue weighted by atomic mass is 15.4. The molecular formula is C15H17N5. The van der Waals surface area contributed by atoms with Crippen LogP contribution in [0.2, 0.25) is 0 Å². The van der Waals surface area contributed by atoms with E-state index in [-0.39, 0.29) is 0 Å². The molecule has 2 aromatic heterocycles. The summed E-state index contributed by atoms with van der Waals surface area (Å²) < 4.78 is 1.85. The van der Waals surface area contributed by atoms with Crippen molar-refractivity contribution in [2.75, 3.05) is 6.54 Å². The first-order valence-corrected chi connectivity index (χ1v) is 6.79. The molecule has 3 rings (SSSR count). The molecule has 0 fully saturated rings. The van der Waals surface area contributed by atoms with E-state index in [2.05, 4.69) is 38.8 Å². The summed E-state index contributed by atoms with van der Waals surface area (Å²) in [6, 6.07) is 8.52. The highest BCUT2D eigenvalue weighted by Crippen LogP contribution is 2.14. The summed E-state index contributed by atoms with van der Waals surface area (Å²) in [6.45, 7) is 2.75. The van der Waals surface area contributed by atoms with E-state index in [0.29, 0.717) is 0 Å². The minimum atomic E-state index is 0.885. The third-order valence-corrected chi connectivity index (χ3v) is 3.25. The maximum Gasteiger partial charge on any atom is 0.0692 e. The van der Waals surface area contributed by atoms with Gasteiger partial charge in [-0.15, -0.1) is 5.10 Å². The normalized spacial score (nSPS) is 11.0. The molecule has 0 aliphatic heterocycles. The summed E-state index contributed by atoms with van der Waals surface area (Å²) >= 11 is 0. The van der Waals surface area contributed by atoms with Crippen molar-refractivity contribution in [3.8, 4) is 0 Å². The molecule has 0 saturated heterocycles. The van der Waals surface area contributed by atoms with Gasteiger partial charge < -0.3 is 5.32 Å². The zero-order valence-corrected chi connectivity index (χ0v) is 11.2. The first kappa shape index (κ1) is 12.7. The second-order valence-corrected chi connectivity index (χ2v) is 4.75. The summed E-state index contributed by atoms with van der Waals surface area (Å²) in [4.78, 5) is 4.12. The molecule has 20 heavy (non-hydrogen) atoms. The molecule has 3 aromatic rings. The lowest BCUT2D eigenvalue weighted by Gasteiger charge is -2.06. The van der Waals surface area contributed by atoms with Gasteiger partial charge in [0.25, 0.3) is 0 Å². The van der Waals surface area contributed by atoms with Crippen LogP contribution < -0.4 is 5.32 Å². The van der Waals surface area contributed by atoms with Crippen molar-refractivity contribution >= 4 is 10.8 Å². The molecule has 0 radical (unpaired) electrons. The fraction of sp³-hybridized carbons (Fsp3) is 0.267. The van der Waals surface area contributed by atoms with Crippen molar-refractivity contribution in [1.82, 2.24) is 25.3 Å². The van der Waals surface area contributed by atoms with E-state index in [0.717, 1.165) is 26.1 Å². The zero-order valence-electron chi connectivity index (χ0n) is 11.2. The number of hydrogen-bond donors (Lipinski definition) is 1. The Morgan fingerprint density at radius 1 is 1.10 bits per heavy atom. The molecule has 0 saturated carbocycles. The SMILES string of the molecule is c1cc2cc(CNCCCn3ccnn3)ccc2cn1. The summed E-state index contributed by atoms with van der Waals surface area (Å²) in [5.41, 5.74) is 1.30. The average molecular weight is 267 g/mol. The van der Waals surface area contributed by atoms with E-state index in [1.165, 1.54) is 16.3 Å². The highest BCUT2D eigenvalue weighted by molar-refractivity contribution is 5.81. The van der Waals surface area contributed by atoms with E-state index in [1.807, 2.05) is 29.3 Å². The van der Waals surface area contributed by atoms with Crippen LogP contribution in [0.4, 0.5) is 0 Å². The van der Waals surface area contributed by atoms with Crippen LogP contribution in [-0.2, 0) is 13.1 Å². The maximum absolute atomic E-state index is 4.12. The Morgan fingerprint density at radius 3 is 3.00 bits per heavy atom. The van der Waals surface area contributed by atoms with Gasteiger partial charge in [-0.25, -0.2) is 0 Å². The van der Waals surface area contributed by atoms with Gasteiger partial charge in [0.05, 0.1) is 6.20 Å². The molecule has 0 bridgehead atoms. The van der Waals surface area contributed by atoms with Crippen LogP contribution in [0.3, 0.4) is 0 Å². The van der Waals surface area contributed by atoms with Crippen LogP contribution in [0.15, 0.2) is 49.1 Å². The summed E-state index contributed by atoms with van der Waals surface area (Å²) in [7, 11) is 0. The van der Waals surface area contributed by atoms with Gasteiger partial charge in [-0.3, -0.25) is 9.67 Å². The number of nitrogens with zero attached hydrogens (tertiary/aromatic N) is 4. The Hall–Kier alpha value is -2.27. The lowest BCUT2D eigenvalue weighted by Crippen LogP contribution is -2.16. The molecule has 0 aliphatic rings. The molecule has 0 unspecified atom stereocenters. The Morgan fingerprint density at radius 2 is 2.10 bits per heavy atom. The lowest BCUT2D eigenvalue weighted by molar-refractivity contribution is 0.530. The van der Waals surface area contributed by atoms with E-state index in [9.17, 15) is 0 Å². The number of nitrogens with one attached hydrogen (secondary N) is 1. The number of aryl methyl sites for hydroxylation is 1. The Labute approximate surface area is 117 Å². The number of rotatable bonds is 6. The fourth-order valence-corrected chi connectivity index (χ4v) is 2.19. The molecule has 102 valence electrons. The van der Waals surface area contributed by atoms with Crippen LogP contribution in [0, 0.1) is 0 Å². The summed E-state index contributed by atoms with van der Waals surface area (Å²) in [5.74, 6) is 0. The van der Waals surface area contributed by atoms with Gasteiger partial charge >= 0.3 is 0 Å². The van der Waals surface area contributed by atoms with Crippen LogP contribution in [0.25, 0.3) is 10.8 Å². The number of aromatic nitrogens is 4. The standard InChI is InChI=1S/C15H17N5/c1(8-20-9-7-18-19-20)5-16-11-13-2-3-15-12-17-6-4-14(15)10-13/h2-4,6-7,9-10,12,16H,1,5,8,11H2.